The summed E-state index contributed by atoms with van der Waals surface area (Å²) in [6, 6.07) is 20.0. The molecule has 0 bridgehead atoms. The number of nitrogens with zero attached hydrogens (tertiary/aromatic N) is 4. The molecule has 0 saturated carbocycles. The first-order chi connectivity index (χ1) is 15.3. The lowest BCUT2D eigenvalue weighted by molar-refractivity contribution is 0.592. The van der Waals surface area contributed by atoms with Crippen molar-refractivity contribution in [3.05, 3.63) is 82.9 Å². The molecule has 0 atom stereocenters. The Labute approximate surface area is 189 Å². The van der Waals surface area contributed by atoms with Crippen molar-refractivity contribution in [3.63, 3.8) is 0 Å². The zero-order valence-corrected chi connectivity index (χ0v) is 18.8. The van der Waals surface area contributed by atoms with E-state index in [-0.39, 0.29) is 15.6 Å². The molecule has 0 fully saturated rings. The first-order valence-electron chi connectivity index (χ1n) is 9.84. The van der Waals surface area contributed by atoms with Crippen molar-refractivity contribution < 1.29 is 8.42 Å². The summed E-state index contributed by atoms with van der Waals surface area (Å²) in [5.74, 6) is 0.482. The monoisotopic (exact) mass is 463 g/mol. The molecule has 5 aromatic rings. The van der Waals surface area contributed by atoms with Crippen LogP contribution in [0.25, 0.3) is 16.6 Å². The quantitative estimate of drug-likeness (QED) is 0.397. The second-order valence-corrected chi connectivity index (χ2v) is 9.79. The molecule has 0 radical (unpaired) electrons. The van der Waals surface area contributed by atoms with Crippen molar-refractivity contribution in [2.75, 3.05) is 5.32 Å². The van der Waals surface area contributed by atoms with Crippen molar-refractivity contribution in [1.29, 1.82) is 0 Å². The molecule has 5 rings (SSSR count). The molecular formula is C23H18ClN5O2S. The van der Waals surface area contributed by atoms with Crippen LogP contribution in [0.2, 0.25) is 5.02 Å². The van der Waals surface area contributed by atoms with E-state index in [4.69, 9.17) is 11.6 Å². The van der Waals surface area contributed by atoms with E-state index in [2.05, 4.69) is 20.6 Å². The van der Waals surface area contributed by atoms with Crippen LogP contribution >= 0.6 is 11.6 Å². The molecule has 2 aromatic heterocycles. The molecule has 3 aromatic carbocycles. The van der Waals surface area contributed by atoms with Crippen LogP contribution in [0.4, 0.5) is 11.5 Å². The Morgan fingerprint density at radius 2 is 1.78 bits per heavy atom. The summed E-state index contributed by atoms with van der Waals surface area (Å²) in [5.41, 5.74) is 3.03. The summed E-state index contributed by atoms with van der Waals surface area (Å²) >= 11 is 6.12. The smallest absolute Gasteiger partial charge is 0.229 e. The second-order valence-electron chi connectivity index (χ2n) is 7.52. The lowest BCUT2D eigenvalue weighted by atomic mass is 10.2. The van der Waals surface area contributed by atoms with Crippen LogP contribution in [-0.2, 0) is 9.84 Å². The maximum Gasteiger partial charge on any atom is 0.229 e. The molecule has 0 amide bonds. The van der Waals surface area contributed by atoms with Gasteiger partial charge in [0.1, 0.15) is 5.82 Å². The van der Waals surface area contributed by atoms with Gasteiger partial charge in [-0.3, -0.25) is 0 Å². The Hall–Kier alpha value is -3.49. The molecule has 0 aliphatic carbocycles. The minimum atomic E-state index is -3.95. The highest BCUT2D eigenvalue weighted by Gasteiger charge is 2.28. The minimum Gasteiger partial charge on any atom is -0.340 e. The Balaban J connectivity index is 1.76. The fourth-order valence-corrected chi connectivity index (χ4v) is 5.37. The highest BCUT2D eigenvalue weighted by Crippen LogP contribution is 2.31. The number of anilines is 2. The van der Waals surface area contributed by atoms with Gasteiger partial charge < -0.3 is 5.32 Å². The van der Waals surface area contributed by atoms with Crippen molar-refractivity contribution in [2.45, 2.75) is 23.8 Å². The Morgan fingerprint density at radius 1 is 0.969 bits per heavy atom. The number of aromatic nitrogens is 4. The maximum absolute atomic E-state index is 13.5. The highest BCUT2D eigenvalue weighted by molar-refractivity contribution is 7.91. The van der Waals surface area contributed by atoms with E-state index >= 15 is 0 Å². The number of rotatable bonds is 4. The number of hydrogen-bond donors (Lipinski definition) is 1. The summed E-state index contributed by atoms with van der Waals surface area (Å²) in [6.07, 6.45) is 0. The molecule has 1 N–H and O–H groups in total. The number of halogens is 1. The Morgan fingerprint density at radius 3 is 2.59 bits per heavy atom. The third kappa shape index (κ3) is 3.37. The van der Waals surface area contributed by atoms with E-state index in [0.29, 0.717) is 21.9 Å². The van der Waals surface area contributed by atoms with Gasteiger partial charge in [-0.1, -0.05) is 47.1 Å². The predicted octanol–water partition coefficient (Wildman–Crippen LogP) is 5.12. The summed E-state index contributed by atoms with van der Waals surface area (Å²) in [4.78, 5) is 4.83. The zero-order valence-electron chi connectivity index (χ0n) is 17.2. The molecule has 9 heteroatoms. The average Bonchev–Trinajstić information content (AvgIpc) is 3.20. The maximum atomic E-state index is 13.5. The average molecular weight is 464 g/mol. The second kappa shape index (κ2) is 7.58. The highest BCUT2D eigenvalue weighted by atomic mass is 35.5. The molecule has 0 aliphatic heterocycles. The summed E-state index contributed by atoms with van der Waals surface area (Å²) in [6.45, 7) is 3.60. The number of aryl methyl sites for hydroxylation is 2. The number of fused-ring (bicyclic) bond motifs is 3. The lowest BCUT2D eigenvalue weighted by Gasteiger charge is -2.11. The molecule has 0 aliphatic rings. The van der Waals surface area contributed by atoms with Crippen molar-refractivity contribution >= 4 is 49.5 Å². The van der Waals surface area contributed by atoms with Crippen LogP contribution in [0, 0.1) is 13.8 Å². The fraction of sp³-hybridized carbons (Fsp3) is 0.0870. The van der Waals surface area contributed by atoms with Crippen molar-refractivity contribution in [3.8, 4) is 0 Å². The largest absolute Gasteiger partial charge is 0.340 e. The van der Waals surface area contributed by atoms with Crippen LogP contribution in [-0.4, -0.2) is 28.2 Å². The van der Waals surface area contributed by atoms with Gasteiger partial charge >= 0.3 is 0 Å². The Kier molecular flexibility index (Phi) is 4.83. The first kappa shape index (κ1) is 20.4. The number of para-hydroxylation sites is 1. The number of sulfone groups is 1. The SMILES string of the molecule is Cc1ccc(C)c(S(=O)(=O)c2nnn3c2nc(Nc2cccc(Cl)c2)c2ccccc23)c1. The fourth-order valence-electron chi connectivity index (χ4n) is 3.62. The first-order valence-corrected chi connectivity index (χ1v) is 11.7. The van der Waals surface area contributed by atoms with Gasteiger partial charge in [-0.2, -0.15) is 4.52 Å². The van der Waals surface area contributed by atoms with E-state index in [1.807, 2.05) is 49.4 Å². The van der Waals surface area contributed by atoms with E-state index in [9.17, 15) is 8.42 Å². The number of hydrogen-bond acceptors (Lipinski definition) is 6. The van der Waals surface area contributed by atoms with Crippen LogP contribution in [0.15, 0.2) is 76.7 Å². The molecular weight excluding hydrogens is 446 g/mol. The van der Waals surface area contributed by atoms with Gasteiger partial charge in [0.25, 0.3) is 0 Å². The van der Waals surface area contributed by atoms with Crippen LogP contribution in [0.5, 0.6) is 0 Å². The summed E-state index contributed by atoms with van der Waals surface area (Å²) in [5, 5.41) is 12.6. The minimum absolute atomic E-state index is 0.147. The lowest BCUT2D eigenvalue weighted by Crippen LogP contribution is -2.07. The van der Waals surface area contributed by atoms with E-state index in [0.717, 1.165) is 16.6 Å². The normalized spacial score (nSPS) is 11.8. The molecule has 0 saturated heterocycles. The summed E-state index contributed by atoms with van der Waals surface area (Å²) in [7, 11) is -3.95. The van der Waals surface area contributed by atoms with Gasteiger partial charge in [-0.25, -0.2) is 13.4 Å². The van der Waals surface area contributed by atoms with Crippen LogP contribution in [0.1, 0.15) is 11.1 Å². The van der Waals surface area contributed by atoms with Gasteiger partial charge in [0.2, 0.25) is 14.9 Å². The van der Waals surface area contributed by atoms with Crippen molar-refractivity contribution in [2.24, 2.45) is 0 Å². The van der Waals surface area contributed by atoms with Crippen LogP contribution < -0.4 is 5.32 Å². The van der Waals surface area contributed by atoms with Gasteiger partial charge in [-0.15, -0.1) is 5.10 Å². The van der Waals surface area contributed by atoms with E-state index in [1.165, 1.54) is 4.52 Å². The van der Waals surface area contributed by atoms with Gasteiger partial charge in [-0.05, 0) is 61.4 Å². The predicted molar refractivity (Wildman–Crippen MR) is 124 cm³/mol. The van der Waals surface area contributed by atoms with Gasteiger partial charge in [0.15, 0.2) is 5.65 Å². The van der Waals surface area contributed by atoms with Crippen molar-refractivity contribution in [1.82, 2.24) is 19.8 Å². The van der Waals surface area contributed by atoms with E-state index in [1.54, 1.807) is 31.2 Å². The van der Waals surface area contributed by atoms with Gasteiger partial charge in [0, 0.05) is 16.1 Å². The topological polar surface area (TPSA) is 89.2 Å². The van der Waals surface area contributed by atoms with E-state index < -0.39 is 9.84 Å². The molecule has 2 heterocycles. The van der Waals surface area contributed by atoms with Gasteiger partial charge in [0.05, 0.1) is 10.4 Å². The standard InChI is InChI=1S/C23H18ClN5O2S/c1-14-10-11-15(2)20(12-14)32(30,31)23-22-26-21(25-17-7-5-6-16(24)13-17)18-8-3-4-9-19(18)29(22)28-27-23/h3-13H,1-2H3,(H,25,26). The molecule has 0 spiro atoms. The zero-order chi connectivity index (χ0) is 22.5. The molecule has 32 heavy (non-hydrogen) atoms. The number of benzene rings is 3. The third-order valence-corrected chi connectivity index (χ3v) is 7.22. The number of nitrogens with one attached hydrogen (secondary N) is 1. The molecule has 0 unspecified atom stereocenters. The molecule has 160 valence electrons. The Bertz CT molecular complexity index is 1610. The third-order valence-electron chi connectivity index (χ3n) is 5.20. The molecule has 7 nitrogen and oxygen atoms in total. The van der Waals surface area contributed by atoms with Crippen LogP contribution in [0.3, 0.4) is 0 Å². The summed E-state index contributed by atoms with van der Waals surface area (Å²) < 4.78 is 28.5.